The summed E-state index contributed by atoms with van der Waals surface area (Å²) in [7, 11) is 0. The number of aromatic nitrogens is 1. The Hall–Kier alpha value is -3.53. The number of nitrogens with zero attached hydrogens (tertiary/aromatic N) is 1. The van der Waals surface area contributed by atoms with Crippen molar-refractivity contribution < 1.29 is 8.78 Å². The highest BCUT2D eigenvalue weighted by Gasteiger charge is 2.20. The molecule has 138 valence electrons. The first-order chi connectivity index (χ1) is 13.6. The maximum Gasteiger partial charge on any atom is 0.185 e. The van der Waals surface area contributed by atoms with E-state index in [1.807, 2.05) is 65.2 Å². The number of halogens is 2. The molecule has 3 aromatic carbocycles. The van der Waals surface area contributed by atoms with Crippen LogP contribution >= 0.6 is 0 Å². The minimum absolute atomic E-state index is 0.0399. The molecule has 0 radical (unpaired) electrons. The van der Waals surface area contributed by atoms with Gasteiger partial charge < -0.3 is 4.57 Å². The molecule has 2 nitrogen and oxygen atoms in total. The summed E-state index contributed by atoms with van der Waals surface area (Å²) in [5.41, 5.74) is 2.87. The van der Waals surface area contributed by atoms with Gasteiger partial charge in [-0.25, -0.2) is 8.78 Å². The van der Waals surface area contributed by atoms with Crippen molar-refractivity contribution in [3.8, 4) is 28.2 Å². The molecular formula is C24H17F2NO. The van der Waals surface area contributed by atoms with Gasteiger partial charge in [-0.3, -0.25) is 4.79 Å². The minimum Gasteiger partial charge on any atom is -0.309 e. The van der Waals surface area contributed by atoms with E-state index in [1.165, 1.54) is 18.2 Å². The average Bonchev–Trinajstić information content (AvgIpc) is 2.73. The molecule has 0 atom stereocenters. The molecule has 0 spiro atoms. The SMILES string of the molecule is Cc1c(-c2ccccc2)n(-c2ccccc2)c(-c2cccc(F)c2F)cc1=O. The molecule has 0 unspecified atom stereocenters. The van der Waals surface area contributed by atoms with Gasteiger partial charge in [0, 0.05) is 22.9 Å². The number of hydrogen-bond donors (Lipinski definition) is 0. The summed E-state index contributed by atoms with van der Waals surface area (Å²) in [6, 6.07) is 24.1. The van der Waals surface area contributed by atoms with Crippen LogP contribution < -0.4 is 5.43 Å². The van der Waals surface area contributed by atoms with Crippen molar-refractivity contribution in [1.82, 2.24) is 4.57 Å². The molecule has 0 aliphatic rings. The third kappa shape index (κ3) is 3.03. The van der Waals surface area contributed by atoms with Crippen molar-refractivity contribution >= 4 is 0 Å². The van der Waals surface area contributed by atoms with E-state index in [0.717, 1.165) is 17.3 Å². The third-order valence-corrected chi connectivity index (χ3v) is 4.75. The summed E-state index contributed by atoms with van der Waals surface area (Å²) in [5, 5.41) is 0. The molecule has 4 aromatic rings. The Balaban J connectivity index is 2.17. The molecule has 1 heterocycles. The lowest BCUT2D eigenvalue weighted by molar-refractivity contribution is 0.510. The van der Waals surface area contributed by atoms with E-state index < -0.39 is 11.6 Å². The highest BCUT2D eigenvalue weighted by Crippen LogP contribution is 2.32. The summed E-state index contributed by atoms with van der Waals surface area (Å²) in [6.45, 7) is 1.75. The van der Waals surface area contributed by atoms with Gasteiger partial charge in [-0.2, -0.15) is 0 Å². The van der Waals surface area contributed by atoms with E-state index in [1.54, 1.807) is 6.92 Å². The van der Waals surface area contributed by atoms with Crippen LogP contribution in [-0.4, -0.2) is 4.57 Å². The Morgan fingerprint density at radius 3 is 2.11 bits per heavy atom. The third-order valence-electron chi connectivity index (χ3n) is 4.75. The Morgan fingerprint density at radius 2 is 1.43 bits per heavy atom. The smallest absolute Gasteiger partial charge is 0.185 e. The van der Waals surface area contributed by atoms with Crippen LogP contribution in [0.15, 0.2) is 89.7 Å². The van der Waals surface area contributed by atoms with Crippen LogP contribution in [0.25, 0.3) is 28.2 Å². The van der Waals surface area contributed by atoms with Crippen molar-refractivity contribution in [2.45, 2.75) is 6.92 Å². The minimum atomic E-state index is -0.977. The van der Waals surface area contributed by atoms with E-state index in [2.05, 4.69) is 0 Å². The molecule has 0 aliphatic carbocycles. The maximum absolute atomic E-state index is 14.7. The van der Waals surface area contributed by atoms with Gasteiger partial charge in [-0.05, 0) is 36.8 Å². The fraction of sp³-hybridized carbons (Fsp3) is 0.0417. The predicted molar refractivity (Wildman–Crippen MR) is 108 cm³/mol. The van der Waals surface area contributed by atoms with Crippen molar-refractivity contribution in [2.75, 3.05) is 0 Å². The standard InChI is InChI=1S/C24H17F2NO/c1-16-22(28)15-21(19-13-8-14-20(25)23(19)26)27(18-11-6-3-7-12-18)24(16)17-9-4-2-5-10-17/h2-15H,1H3. The van der Waals surface area contributed by atoms with Crippen LogP contribution in [0.3, 0.4) is 0 Å². The van der Waals surface area contributed by atoms with Crippen molar-refractivity contribution in [2.24, 2.45) is 0 Å². The first-order valence-electron chi connectivity index (χ1n) is 8.90. The zero-order chi connectivity index (χ0) is 19.7. The second-order valence-electron chi connectivity index (χ2n) is 6.51. The van der Waals surface area contributed by atoms with Gasteiger partial charge in [0.15, 0.2) is 17.1 Å². The molecule has 4 rings (SSSR count). The van der Waals surface area contributed by atoms with Crippen LogP contribution in [0.5, 0.6) is 0 Å². The Kier molecular flexibility index (Phi) is 4.62. The summed E-state index contributed by atoms with van der Waals surface area (Å²) in [5.74, 6) is -1.93. The zero-order valence-electron chi connectivity index (χ0n) is 15.2. The van der Waals surface area contributed by atoms with Crippen molar-refractivity contribution in [1.29, 1.82) is 0 Å². The van der Waals surface area contributed by atoms with E-state index in [9.17, 15) is 13.6 Å². The molecule has 0 saturated heterocycles. The van der Waals surface area contributed by atoms with Crippen LogP contribution in [0.4, 0.5) is 8.78 Å². The van der Waals surface area contributed by atoms with Crippen LogP contribution in [-0.2, 0) is 0 Å². The second kappa shape index (κ2) is 7.24. The Labute approximate surface area is 161 Å². The lowest BCUT2D eigenvalue weighted by Crippen LogP contribution is -2.16. The first-order valence-corrected chi connectivity index (χ1v) is 8.90. The number of para-hydroxylation sites is 1. The van der Waals surface area contributed by atoms with Gasteiger partial charge in [-0.1, -0.05) is 54.6 Å². The average molecular weight is 373 g/mol. The number of benzene rings is 3. The summed E-state index contributed by atoms with van der Waals surface area (Å²) in [6.07, 6.45) is 0. The van der Waals surface area contributed by atoms with Crippen molar-refractivity contribution in [3.63, 3.8) is 0 Å². The highest BCUT2D eigenvalue weighted by atomic mass is 19.2. The molecule has 0 bridgehead atoms. The normalized spacial score (nSPS) is 10.8. The first kappa shape index (κ1) is 17.9. The molecule has 1 aromatic heterocycles. The summed E-state index contributed by atoms with van der Waals surface area (Å²) in [4.78, 5) is 12.8. The monoisotopic (exact) mass is 373 g/mol. The fourth-order valence-electron chi connectivity index (χ4n) is 3.39. The maximum atomic E-state index is 14.7. The van der Waals surface area contributed by atoms with E-state index >= 15 is 0 Å². The van der Waals surface area contributed by atoms with Gasteiger partial charge in [0.1, 0.15) is 0 Å². The number of hydrogen-bond acceptors (Lipinski definition) is 1. The van der Waals surface area contributed by atoms with E-state index in [-0.39, 0.29) is 11.0 Å². The van der Waals surface area contributed by atoms with Gasteiger partial charge >= 0.3 is 0 Å². The lowest BCUT2D eigenvalue weighted by Gasteiger charge is -2.21. The topological polar surface area (TPSA) is 22.0 Å². The quantitative estimate of drug-likeness (QED) is 0.448. The van der Waals surface area contributed by atoms with E-state index in [4.69, 9.17) is 0 Å². The highest BCUT2D eigenvalue weighted by molar-refractivity contribution is 5.73. The number of pyridine rings is 1. The molecular weight excluding hydrogens is 356 g/mol. The van der Waals surface area contributed by atoms with E-state index in [0.29, 0.717) is 17.0 Å². The molecule has 28 heavy (non-hydrogen) atoms. The van der Waals surface area contributed by atoms with Gasteiger partial charge in [-0.15, -0.1) is 0 Å². The fourth-order valence-corrected chi connectivity index (χ4v) is 3.39. The summed E-state index contributed by atoms with van der Waals surface area (Å²) < 4.78 is 30.4. The summed E-state index contributed by atoms with van der Waals surface area (Å²) >= 11 is 0. The molecule has 4 heteroatoms. The molecule has 0 amide bonds. The largest absolute Gasteiger partial charge is 0.309 e. The molecule has 0 N–H and O–H groups in total. The zero-order valence-corrected chi connectivity index (χ0v) is 15.2. The molecule has 0 aliphatic heterocycles. The molecule has 0 fully saturated rings. The van der Waals surface area contributed by atoms with Gasteiger partial charge in [0.05, 0.1) is 11.4 Å². The van der Waals surface area contributed by atoms with Crippen molar-refractivity contribution in [3.05, 3.63) is 112 Å². The predicted octanol–water partition coefficient (Wildman–Crippen LogP) is 5.76. The lowest BCUT2D eigenvalue weighted by atomic mass is 10.0. The van der Waals surface area contributed by atoms with Gasteiger partial charge in [0.25, 0.3) is 0 Å². The molecule has 0 saturated carbocycles. The number of rotatable bonds is 3. The Morgan fingerprint density at radius 1 is 0.786 bits per heavy atom. The second-order valence-corrected chi connectivity index (χ2v) is 6.51. The van der Waals surface area contributed by atoms with Crippen LogP contribution in [0.2, 0.25) is 0 Å². The van der Waals surface area contributed by atoms with Crippen LogP contribution in [0, 0.1) is 18.6 Å². The Bertz CT molecular complexity index is 1200. The van der Waals surface area contributed by atoms with Crippen LogP contribution in [0.1, 0.15) is 5.56 Å². The van der Waals surface area contributed by atoms with Gasteiger partial charge in [0.2, 0.25) is 0 Å².